The van der Waals surface area contributed by atoms with E-state index in [1.165, 1.54) is 25.2 Å². The first kappa shape index (κ1) is 25.8. The molecule has 0 saturated carbocycles. The lowest BCUT2D eigenvalue weighted by molar-refractivity contribution is -0.385. The molecule has 2 aromatic carbocycles. The summed E-state index contributed by atoms with van der Waals surface area (Å²) in [4.78, 5) is 36.7. The van der Waals surface area contributed by atoms with Gasteiger partial charge in [0.2, 0.25) is 5.75 Å². The van der Waals surface area contributed by atoms with Crippen molar-refractivity contribution in [3.63, 3.8) is 0 Å². The van der Waals surface area contributed by atoms with Gasteiger partial charge in [-0.05, 0) is 63.3 Å². The molecule has 3 amide bonds. The minimum atomic E-state index is -0.577. The van der Waals surface area contributed by atoms with E-state index >= 15 is 0 Å². The van der Waals surface area contributed by atoms with Crippen LogP contribution < -0.4 is 15.9 Å². The van der Waals surface area contributed by atoms with Gasteiger partial charge < -0.3 is 19.7 Å². The van der Waals surface area contributed by atoms with Crippen molar-refractivity contribution in [3.05, 3.63) is 58.1 Å². The summed E-state index contributed by atoms with van der Waals surface area (Å²) >= 11 is 0. The van der Waals surface area contributed by atoms with E-state index in [1.54, 1.807) is 17.0 Å². The van der Waals surface area contributed by atoms with Crippen LogP contribution in [0.2, 0.25) is 0 Å². The first-order valence-corrected chi connectivity index (χ1v) is 11.3. The number of ether oxygens (including phenoxy) is 2. The first-order valence-electron chi connectivity index (χ1n) is 11.3. The van der Waals surface area contributed by atoms with E-state index in [0.29, 0.717) is 24.5 Å². The van der Waals surface area contributed by atoms with Crippen molar-refractivity contribution in [2.75, 3.05) is 25.5 Å². The van der Waals surface area contributed by atoms with Gasteiger partial charge in [-0.3, -0.25) is 15.1 Å². The Morgan fingerprint density at radius 3 is 2.31 bits per heavy atom. The highest BCUT2D eigenvalue weighted by Gasteiger charge is 2.27. The molecule has 3 rings (SSSR count). The molecule has 3 N–H and O–H groups in total. The summed E-state index contributed by atoms with van der Waals surface area (Å²) in [5.41, 5.74) is 0.650. The van der Waals surface area contributed by atoms with E-state index in [0.717, 1.165) is 23.4 Å². The summed E-state index contributed by atoms with van der Waals surface area (Å²) < 4.78 is 11.2. The Balaban J connectivity index is 1.66. The lowest BCUT2D eigenvalue weighted by Gasteiger charge is -2.33. The number of anilines is 1. The van der Waals surface area contributed by atoms with Crippen LogP contribution in [0, 0.1) is 10.1 Å². The van der Waals surface area contributed by atoms with Gasteiger partial charge in [-0.25, -0.2) is 15.4 Å². The Labute approximate surface area is 203 Å². The molecule has 2 aromatic rings. The van der Waals surface area contributed by atoms with E-state index in [9.17, 15) is 19.7 Å². The summed E-state index contributed by atoms with van der Waals surface area (Å²) in [6, 6.07) is 10.8. The molecule has 0 bridgehead atoms. The number of nitro benzene ring substituents is 1. The molecule has 1 aliphatic heterocycles. The molecular weight excluding hydrogens is 454 g/mol. The second-order valence-corrected chi connectivity index (χ2v) is 9.39. The van der Waals surface area contributed by atoms with Crippen LogP contribution in [0.5, 0.6) is 11.5 Å². The number of benzene rings is 2. The van der Waals surface area contributed by atoms with E-state index in [-0.39, 0.29) is 23.4 Å². The van der Waals surface area contributed by atoms with Crippen LogP contribution in [0.15, 0.2) is 42.5 Å². The number of nitrogens with two attached hydrogens (primary N) is 1. The van der Waals surface area contributed by atoms with Crippen LogP contribution >= 0.6 is 0 Å². The molecule has 1 fully saturated rings. The van der Waals surface area contributed by atoms with Gasteiger partial charge in [0.25, 0.3) is 0 Å². The fourth-order valence-electron chi connectivity index (χ4n) is 3.69. The predicted octanol–water partition coefficient (Wildman–Crippen LogP) is 4.84. The largest absolute Gasteiger partial charge is 0.450 e. The Morgan fingerprint density at radius 2 is 1.77 bits per heavy atom. The third-order valence-corrected chi connectivity index (χ3v) is 5.45. The number of hydrazine groups is 1. The van der Waals surface area contributed by atoms with Gasteiger partial charge in [-0.1, -0.05) is 12.1 Å². The van der Waals surface area contributed by atoms with Gasteiger partial charge in [0.1, 0.15) is 11.4 Å². The molecule has 188 valence electrons. The van der Waals surface area contributed by atoms with Crippen LogP contribution in [-0.4, -0.2) is 52.7 Å². The number of nitrogens with one attached hydrogen (secondary N) is 1. The summed E-state index contributed by atoms with van der Waals surface area (Å²) in [7, 11) is 1.38. The number of nitrogens with zero attached hydrogens (tertiary/aromatic N) is 3. The summed E-state index contributed by atoms with van der Waals surface area (Å²) in [6.45, 7) is 6.77. The topological polar surface area (TPSA) is 140 Å². The van der Waals surface area contributed by atoms with Crippen molar-refractivity contribution in [2.24, 2.45) is 5.84 Å². The Hall–Kier alpha value is -3.86. The highest BCUT2D eigenvalue weighted by molar-refractivity contribution is 5.89. The van der Waals surface area contributed by atoms with Crippen LogP contribution in [0.4, 0.5) is 21.0 Å². The van der Waals surface area contributed by atoms with Crippen molar-refractivity contribution in [2.45, 2.75) is 45.1 Å². The van der Waals surface area contributed by atoms with Gasteiger partial charge in [-0.15, -0.1) is 0 Å². The Bertz CT molecular complexity index is 1070. The molecule has 11 heteroatoms. The molecule has 0 spiro atoms. The maximum atomic E-state index is 12.3. The zero-order chi connectivity index (χ0) is 25.8. The Morgan fingerprint density at radius 1 is 1.14 bits per heavy atom. The van der Waals surface area contributed by atoms with E-state index in [4.69, 9.17) is 15.3 Å². The van der Waals surface area contributed by atoms with Gasteiger partial charge in [0, 0.05) is 38.0 Å². The average molecular weight is 486 g/mol. The van der Waals surface area contributed by atoms with Crippen molar-refractivity contribution in [3.8, 4) is 11.5 Å². The van der Waals surface area contributed by atoms with Crippen LogP contribution in [0.3, 0.4) is 0 Å². The maximum absolute atomic E-state index is 12.3. The fourth-order valence-corrected chi connectivity index (χ4v) is 3.69. The van der Waals surface area contributed by atoms with E-state index in [2.05, 4.69) is 5.32 Å². The zero-order valence-corrected chi connectivity index (χ0v) is 20.3. The van der Waals surface area contributed by atoms with Crippen LogP contribution in [0.25, 0.3) is 0 Å². The van der Waals surface area contributed by atoms with Crippen molar-refractivity contribution < 1.29 is 24.0 Å². The normalized spacial score (nSPS) is 14.3. The minimum absolute atomic E-state index is 0.00843. The number of amides is 3. The lowest BCUT2D eigenvalue weighted by Crippen LogP contribution is -2.41. The smallest absolute Gasteiger partial charge is 0.410 e. The number of nitro groups is 1. The monoisotopic (exact) mass is 485 g/mol. The second kappa shape index (κ2) is 10.6. The third-order valence-electron chi connectivity index (χ3n) is 5.45. The minimum Gasteiger partial charge on any atom is -0.450 e. The quantitative estimate of drug-likeness (QED) is 0.267. The number of carbonyl (C=O) groups is 2. The van der Waals surface area contributed by atoms with Crippen molar-refractivity contribution in [1.29, 1.82) is 0 Å². The number of carbonyl (C=O) groups excluding carboxylic acids is 2. The fraction of sp³-hybridized carbons (Fsp3) is 0.417. The zero-order valence-electron chi connectivity index (χ0n) is 20.3. The molecular formula is C24H31N5O6. The standard InChI is InChI=1S/C24H31N5O6/c1-24(2,3)35-23(31)28-13-11-17(12-14-28)16-5-8-19(9-6-16)34-21-15-18(26-22(30)27(4)25)7-10-20(21)29(32)33/h5-10,15,17H,11-14,25H2,1-4H3,(H,26,30). The number of hydrogen-bond donors (Lipinski definition) is 2. The lowest BCUT2D eigenvalue weighted by atomic mass is 9.89. The third kappa shape index (κ3) is 7.06. The molecule has 0 atom stereocenters. The molecule has 1 saturated heterocycles. The SMILES string of the molecule is CN(N)C(=O)Nc1ccc([N+](=O)[O-])c(Oc2ccc(C3CCN(C(=O)OC(C)(C)C)CC3)cc2)c1. The van der Waals surface area contributed by atoms with Gasteiger partial charge in [0.15, 0.2) is 0 Å². The van der Waals surface area contributed by atoms with Gasteiger partial charge in [-0.2, -0.15) is 0 Å². The second-order valence-electron chi connectivity index (χ2n) is 9.39. The number of urea groups is 1. The molecule has 1 heterocycles. The van der Waals surface area contributed by atoms with Crippen LogP contribution in [0.1, 0.15) is 45.1 Å². The molecule has 11 nitrogen and oxygen atoms in total. The highest BCUT2D eigenvalue weighted by Crippen LogP contribution is 2.35. The first-order chi connectivity index (χ1) is 16.4. The number of hydrogen-bond acceptors (Lipinski definition) is 7. The molecule has 0 aliphatic carbocycles. The van der Waals surface area contributed by atoms with Crippen molar-refractivity contribution in [1.82, 2.24) is 9.91 Å². The summed E-state index contributed by atoms with van der Waals surface area (Å²) in [6.07, 6.45) is 1.32. The van der Waals surface area contributed by atoms with E-state index < -0.39 is 16.6 Å². The molecule has 0 unspecified atom stereocenters. The van der Waals surface area contributed by atoms with Gasteiger partial charge in [0.05, 0.1) is 4.92 Å². The molecule has 1 aliphatic rings. The van der Waals surface area contributed by atoms with Gasteiger partial charge >= 0.3 is 17.8 Å². The molecule has 35 heavy (non-hydrogen) atoms. The Kier molecular flexibility index (Phi) is 7.80. The number of likely N-dealkylation sites (tertiary alicyclic amines) is 1. The average Bonchev–Trinajstić information content (AvgIpc) is 2.78. The number of rotatable bonds is 5. The predicted molar refractivity (Wildman–Crippen MR) is 130 cm³/mol. The number of piperidine rings is 1. The van der Waals surface area contributed by atoms with Crippen LogP contribution in [-0.2, 0) is 4.74 Å². The molecule has 0 aromatic heterocycles. The summed E-state index contributed by atoms with van der Waals surface area (Å²) in [5.74, 6) is 6.09. The summed E-state index contributed by atoms with van der Waals surface area (Å²) in [5, 5.41) is 14.8. The highest BCUT2D eigenvalue weighted by atomic mass is 16.6. The molecule has 0 radical (unpaired) electrons. The van der Waals surface area contributed by atoms with E-state index in [1.807, 2.05) is 32.9 Å². The van der Waals surface area contributed by atoms with Crippen molar-refractivity contribution >= 4 is 23.5 Å². The maximum Gasteiger partial charge on any atom is 0.410 e.